The Morgan fingerprint density at radius 1 is 1.19 bits per heavy atom. The van der Waals surface area contributed by atoms with Gasteiger partial charge >= 0.3 is 11.8 Å². The molecule has 6 nitrogen and oxygen atoms in total. The summed E-state index contributed by atoms with van der Waals surface area (Å²) in [4.78, 5) is 24.6. The number of halogens is 1. The summed E-state index contributed by atoms with van der Waals surface area (Å²) in [6.07, 6.45) is 0. The van der Waals surface area contributed by atoms with E-state index in [4.69, 9.17) is 4.74 Å². The lowest BCUT2D eigenvalue weighted by atomic mass is 10.3. The molecule has 1 aromatic rings. The predicted octanol–water partition coefficient (Wildman–Crippen LogP) is -1.20. The van der Waals surface area contributed by atoms with Gasteiger partial charge in [0.1, 0.15) is 18.9 Å². The van der Waals surface area contributed by atoms with Crippen LogP contribution in [0.15, 0.2) is 24.3 Å². The van der Waals surface area contributed by atoms with Gasteiger partial charge < -0.3 is 20.3 Å². The number of quaternary nitrogens is 1. The number of anilines is 1. The highest BCUT2D eigenvalue weighted by Crippen LogP contribution is 2.11. The van der Waals surface area contributed by atoms with Crippen LogP contribution in [0.1, 0.15) is 0 Å². The summed E-state index contributed by atoms with van der Waals surface area (Å²) in [6, 6.07) is 5.71. The van der Waals surface area contributed by atoms with Gasteiger partial charge in [-0.15, -0.1) is 0 Å². The molecule has 0 bridgehead atoms. The minimum absolute atomic E-state index is 0.00328. The van der Waals surface area contributed by atoms with E-state index < -0.39 is 17.6 Å². The van der Waals surface area contributed by atoms with Gasteiger partial charge in [-0.25, -0.2) is 4.39 Å². The van der Waals surface area contributed by atoms with Crippen LogP contribution in [0.4, 0.5) is 10.1 Å². The van der Waals surface area contributed by atoms with E-state index in [-0.39, 0.29) is 5.69 Å². The van der Waals surface area contributed by atoms with E-state index in [1.165, 1.54) is 23.1 Å². The van der Waals surface area contributed by atoms with Gasteiger partial charge in [-0.05, 0) is 12.1 Å². The van der Waals surface area contributed by atoms with Crippen molar-refractivity contribution in [2.24, 2.45) is 0 Å². The molecule has 0 spiro atoms. The molecule has 21 heavy (non-hydrogen) atoms. The molecule has 1 heterocycles. The van der Waals surface area contributed by atoms with Gasteiger partial charge in [-0.1, -0.05) is 12.1 Å². The van der Waals surface area contributed by atoms with Gasteiger partial charge in [-0.2, -0.15) is 0 Å². The molecular weight excluding hydrogens is 277 g/mol. The number of carbonyl (C=O) groups is 2. The summed E-state index contributed by atoms with van der Waals surface area (Å²) < 4.78 is 18.6. The number of hydrogen-bond acceptors (Lipinski definition) is 3. The third-order valence-electron chi connectivity index (χ3n) is 3.29. The second-order valence-electron chi connectivity index (χ2n) is 4.80. The minimum Gasteiger partial charge on any atom is -0.370 e. The Morgan fingerprint density at radius 3 is 2.62 bits per heavy atom. The molecule has 1 aliphatic rings. The maximum Gasteiger partial charge on any atom is 0.313 e. The largest absolute Gasteiger partial charge is 0.370 e. The second-order valence-corrected chi connectivity index (χ2v) is 4.80. The molecule has 3 N–H and O–H groups in total. The fourth-order valence-corrected chi connectivity index (χ4v) is 2.08. The number of morpholine rings is 1. The first-order chi connectivity index (χ1) is 10.2. The maximum absolute atomic E-state index is 13.3. The number of benzene rings is 1. The first-order valence-corrected chi connectivity index (χ1v) is 6.92. The van der Waals surface area contributed by atoms with Crippen LogP contribution in [0.2, 0.25) is 0 Å². The number of amides is 2. The average Bonchev–Trinajstić information content (AvgIpc) is 2.50. The molecule has 7 heteroatoms. The molecule has 1 saturated heterocycles. The third kappa shape index (κ3) is 4.80. The minimum atomic E-state index is -0.864. The molecule has 1 aliphatic heterocycles. The lowest BCUT2D eigenvalue weighted by molar-refractivity contribution is -0.906. The van der Waals surface area contributed by atoms with Crippen LogP contribution in [0.3, 0.4) is 0 Å². The quantitative estimate of drug-likeness (QED) is 0.611. The average molecular weight is 296 g/mol. The van der Waals surface area contributed by atoms with Gasteiger partial charge in [0.2, 0.25) is 0 Å². The zero-order valence-electron chi connectivity index (χ0n) is 11.7. The maximum atomic E-state index is 13.3. The first kappa shape index (κ1) is 15.4. The van der Waals surface area contributed by atoms with E-state index in [9.17, 15) is 14.0 Å². The van der Waals surface area contributed by atoms with Crippen molar-refractivity contribution < 1.29 is 23.6 Å². The highest BCUT2D eigenvalue weighted by atomic mass is 19.1. The van der Waals surface area contributed by atoms with Crippen molar-refractivity contribution >= 4 is 17.5 Å². The summed E-state index contributed by atoms with van der Waals surface area (Å²) in [7, 11) is 0. The second kappa shape index (κ2) is 7.70. The molecule has 0 aliphatic carbocycles. The number of carbonyl (C=O) groups excluding carboxylic acids is 2. The Balaban J connectivity index is 1.72. The standard InChI is InChI=1S/C14H18FN3O3/c15-11-3-1-2-4-12(11)17-14(20)13(19)16-5-6-18-7-9-21-10-8-18/h1-4H,5-10H2,(H,16,19)(H,17,20)/p+1. The van der Waals surface area contributed by atoms with E-state index in [0.29, 0.717) is 6.54 Å². The van der Waals surface area contributed by atoms with Crippen LogP contribution < -0.4 is 15.5 Å². The number of hydrogen-bond donors (Lipinski definition) is 3. The molecule has 0 atom stereocenters. The lowest BCUT2D eigenvalue weighted by Gasteiger charge is -2.23. The summed E-state index contributed by atoms with van der Waals surface area (Å²) in [5.74, 6) is -2.19. The molecule has 0 aromatic heterocycles. The van der Waals surface area contributed by atoms with Crippen molar-refractivity contribution in [3.05, 3.63) is 30.1 Å². The Bertz CT molecular complexity index is 504. The number of para-hydroxylation sites is 1. The molecule has 1 aromatic carbocycles. The predicted molar refractivity (Wildman–Crippen MR) is 74.4 cm³/mol. The summed E-state index contributed by atoms with van der Waals surface area (Å²) in [5.41, 5.74) is -0.00328. The van der Waals surface area contributed by atoms with Crippen molar-refractivity contribution in [3.63, 3.8) is 0 Å². The first-order valence-electron chi connectivity index (χ1n) is 6.92. The zero-order chi connectivity index (χ0) is 15.1. The Labute approximate surface area is 122 Å². The van der Waals surface area contributed by atoms with E-state index in [2.05, 4.69) is 10.6 Å². The van der Waals surface area contributed by atoms with E-state index in [1.807, 2.05) is 0 Å². The number of rotatable bonds is 4. The Hall–Kier alpha value is -1.99. The van der Waals surface area contributed by atoms with Crippen LogP contribution in [-0.2, 0) is 14.3 Å². The van der Waals surface area contributed by atoms with Gasteiger partial charge in [0.05, 0.1) is 32.0 Å². The van der Waals surface area contributed by atoms with Crippen molar-refractivity contribution in [1.82, 2.24) is 5.32 Å². The molecule has 114 valence electrons. The van der Waals surface area contributed by atoms with Crippen LogP contribution in [0.5, 0.6) is 0 Å². The monoisotopic (exact) mass is 296 g/mol. The lowest BCUT2D eigenvalue weighted by Crippen LogP contribution is -3.14. The SMILES string of the molecule is O=C(NCC[NH+]1CCOCC1)C(=O)Nc1ccccc1F. The molecule has 0 saturated carbocycles. The summed E-state index contributed by atoms with van der Waals surface area (Å²) >= 11 is 0. The van der Waals surface area contributed by atoms with E-state index in [0.717, 1.165) is 32.8 Å². The molecule has 2 amide bonds. The molecule has 1 fully saturated rings. The van der Waals surface area contributed by atoms with Crippen LogP contribution >= 0.6 is 0 Å². The number of nitrogens with one attached hydrogen (secondary N) is 3. The third-order valence-corrected chi connectivity index (χ3v) is 3.29. The summed E-state index contributed by atoms with van der Waals surface area (Å²) in [5, 5.41) is 4.78. The molecule has 0 radical (unpaired) electrons. The van der Waals surface area contributed by atoms with Gasteiger partial charge in [0.25, 0.3) is 0 Å². The Morgan fingerprint density at radius 2 is 1.90 bits per heavy atom. The number of ether oxygens (including phenoxy) is 1. The normalized spacial score (nSPS) is 15.5. The molecule has 0 unspecified atom stereocenters. The zero-order valence-corrected chi connectivity index (χ0v) is 11.7. The van der Waals surface area contributed by atoms with Crippen molar-refractivity contribution in [2.75, 3.05) is 44.7 Å². The summed E-state index contributed by atoms with van der Waals surface area (Å²) in [6.45, 7) is 4.38. The van der Waals surface area contributed by atoms with Crippen LogP contribution in [0.25, 0.3) is 0 Å². The van der Waals surface area contributed by atoms with Gasteiger partial charge in [0.15, 0.2) is 0 Å². The fraction of sp³-hybridized carbons (Fsp3) is 0.429. The van der Waals surface area contributed by atoms with Crippen molar-refractivity contribution in [3.8, 4) is 0 Å². The van der Waals surface area contributed by atoms with Crippen molar-refractivity contribution in [1.29, 1.82) is 0 Å². The van der Waals surface area contributed by atoms with E-state index in [1.54, 1.807) is 6.07 Å². The fourth-order valence-electron chi connectivity index (χ4n) is 2.08. The molecule has 2 rings (SSSR count). The van der Waals surface area contributed by atoms with Gasteiger partial charge in [-0.3, -0.25) is 9.59 Å². The van der Waals surface area contributed by atoms with Crippen LogP contribution in [-0.4, -0.2) is 51.2 Å². The molecular formula is C14H19FN3O3+. The smallest absolute Gasteiger partial charge is 0.313 e. The Kier molecular flexibility index (Phi) is 5.65. The highest BCUT2D eigenvalue weighted by Gasteiger charge is 2.17. The highest BCUT2D eigenvalue weighted by molar-refractivity contribution is 6.39. The van der Waals surface area contributed by atoms with Gasteiger partial charge in [0, 0.05) is 0 Å². The van der Waals surface area contributed by atoms with Crippen molar-refractivity contribution in [2.45, 2.75) is 0 Å². The van der Waals surface area contributed by atoms with Crippen LogP contribution in [0, 0.1) is 5.82 Å². The van der Waals surface area contributed by atoms with E-state index >= 15 is 0 Å². The topological polar surface area (TPSA) is 71.9 Å².